The van der Waals surface area contributed by atoms with Crippen LogP contribution in [0.1, 0.15) is 18.9 Å². The van der Waals surface area contributed by atoms with Gasteiger partial charge in [-0.25, -0.2) is 4.99 Å². The van der Waals surface area contributed by atoms with Crippen LogP contribution in [0.3, 0.4) is 0 Å². The first-order valence-corrected chi connectivity index (χ1v) is 9.02. The number of hydrogen-bond acceptors (Lipinski definition) is 4. The molecule has 0 aliphatic rings. The van der Waals surface area contributed by atoms with E-state index >= 15 is 0 Å². The van der Waals surface area contributed by atoms with Crippen molar-refractivity contribution in [1.82, 2.24) is 20.4 Å². The molecule has 0 saturated carbocycles. The molecule has 2 N–H and O–H groups in total. The van der Waals surface area contributed by atoms with E-state index in [-0.39, 0.29) is 24.0 Å². The van der Waals surface area contributed by atoms with Gasteiger partial charge >= 0.3 is 0 Å². The highest BCUT2D eigenvalue weighted by molar-refractivity contribution is 14.0. The zero-order valence-corrected chi connectivity index (χ0v) is 18.4. The Morgan fingerprint density at radius 2 is 2.00 bits per heavy atom. The Kier molecular flexibility index (Phi) is 12.3. The van der Waals surface area contributed by atoms with Crippen molar-refractivity contribution in [1.29, 1.82) is 0 Å². The third-order valence-electron chi connectivity index (χ3n) is 3.66. The Morgan fingerprint density at radius 1 is 1.19 bits per heavy atom. The maximum absolute atomic E-state index is 5.57. The van der Waals surface area contributed by atoms with Gasteiger partial charge in [0.2, 0.25) is 0 Å². The molecule has 27 heavy (non-hydrogen) atoms. The lowest BCUT2D eigenvalue weighted by molar-refractivity contribution is 0.146. The predicted molar refractivity (Wildman–Crippen MR) is 119 cm³/mol. The molecule has 1 aromatic heterocycles. The van der Waals surface area contributed by atoms with Gasteiger partial charge in [0, 0.05) is 39.1 Å². The number of ether oxygens (including phenoxy) is 2. The van der Waals surface area contributed by atoms with Crippen molar-refractivity contribution in [2.45, 2.75) is 26.4 Å². The number of nitrogens with zero attached hydrogens (tertiary/aromatic N) is 3. The second-order valence-corrected chi connectivity index (χ2v) is 5.73. The van der Waals surface area contributed by atoms with Crippen LogP contribution in [0.2, 0.25) is 0 Å². The van der Waals surface area contributed by atoms with E-state index in [0.29, 0.717) is 19.8 Å². The highest BCUT2D eigenvalue weighted by Gasteiger charge is 1.99. The van der Waals surface area contributed by atoms with Gasteiger partial charge in [0.15, 0.2) is 5.96 Å². The van der Waals surface area contributed by atoms with Gasteiger partial charge in [-0.1, -0.05) is 12.1 Å². The van der Waals surface area contributed by atoms with Crippen molar-refractivity contribution in [3.05, 3.63) is 48.3 Å². The first-order chi connectivity index (χ1) is 12.8. The van der Waals surface area contributed by atoms with Crippen molar-refractivity contribution < 1.29 is 9.47 Å². The normalized spacial score (nSPS) is 11.0. The van der Waals surface area contributed by atoms with E-state index in [1.807, 2.05) is 41.2 Å². The lowest BCUT2D eigenvalue weighted by Crippen LogP contribution is -2.38. The van der Waals surface area contributed by atoms with Crippen LogP contribution in [0.4, 0.5) is 0 Å². The van der Waals surface area contributed by atoms with Crippen LogP contribution in [0, 0.1) is 0 Å². The van der Waals surface area contributed by atoms with Crippen LogP contribution in [-0.4, -0.2) is 49.2 Å². The van der Waals surface area contributed by atoms with Crippen molar-refractivity contribution >= 4 is 29.9 Å². The Morgan fingerprint density at radius 3 is 2.67 bits per heavy atom. The molecule has 0 spiro atoms. The minimum absolute atomic E-state index is 0. The molecule has 0 amide bonds. The van der Waals surface area contributed by atoms with E-state index in [9.17, 15) is 0 Å². The largest absolute Gasteiger partial charge is 0.491 e. The zero-order valence-electron chi connectivity index (χ0n) is 16.1. The number of rotatable bonds is 11. The van der Waals surface area contributed by atoms with Crippen LogP contribution in [0.5, 0.6) is 5.75 Å². The number of halogens is 1. The number of nitrogens with one attached hydrogen (secondary N) is 2. The summed E-state index contributed by atoms with van der Waals surface area (Å²) in [7, 11) is 1.66. The molecule has 2 rings (SSSR count). The van der Waals surface area contributed by atoms with Crippen molar-refractivity contribution in [3.8, 4) is 5.75 Å². The summed E-state index contributed by atoms with van der Waals surface area (Å²) in [5, 5.41) is 10.8. The van der Waals surface area contributed by atoms with Crippen molar-refractivity contribution in [3.63, 3.8) is 0 Å². The third kappa shape index (κ3) is 9.62. The summed E-state index contributed by atoms with van der Waals surface area (Å²) in [4.78, 5) is 4.63. The second-order valence-electron chi connectivity index (χ2n) is 5.73. The summed E-state index contributed by atoms with van der Waals surface area (Å²) < 4.78 is 12.5. The average Bonchev–Trinajstić information content (AvgIpc) is 3.18. The zero-order chi connectivity index (χ0) is 18.5. The standard InChI is InChI=1S/C19H29N5O2.HI/c1-3-20-19(21-10-4-12-24-13-5-11-23-24)22-16-17-6-8-18(9-7-17)26-15-14-25-2;/h5-9,11,13H,3-4,10,12,14-16H2,1-2H3,(H2,20,21,22);1H. The second kappa shape index (κ2) is 14.3. The fourth-order valence-electron chi connectivity index (χ4n) is 2.33. The SMILES string of the molecule is CCNC(=NCc1ccc(OCCOC)cc1)NCCCn1cccn1.I. The van der Waals surface area contributed by atoms with Gasteiger partial charge in [0.25, 0.3) is 0 Å². The first kappa shape index (κ1) is 23.2. The lowest BCUT2D eigenvalue weighted by Gasteiger charge is -2.11. The van der Waals surface area contributed by atoms with E-state index in [2.05, 4.69) is 27.6 Å². The summed E-state index contributed by atoms with van der Waals surface area (Å²) in [6.07, 6.45) is 4.76. The number of aryl methyl sites for hydroxylation is 1. The van der Waals surface area contributed by atoms with E-state index in [4.69, 9.17) is 9.47 Å². The van der Waals surface area contributed by atoms with E-state index in [0.717, 1.165) is 43.3 Å². The number of aliphatic imine (C=N–C) groups is 1. The molecule has 0 atom stereocenters. The van der Waals surface area contributed by atoms with E-state index in [1.165, 1.54) is 0 Å². The molecule has 0 aliphatic carbocycles. The maximum atomic E-state index is 5.57. The fraction of sp³-hybridized carbons (Fsp3) is 0.474. The molecule has 1 heterocycles. The molecule has 2 aromatic rings. The molecule has 150 valence electrons. The molecule has 7 nitrogen and oxygen atoms in total. The Bertz CT molecular complexity index is 632. The highest BCUT2D eigenvalue weighted by Crippen LogP contribution is 2.12. The summed E-state index contributed by atoms with van der Waals surface area (Å²) in [5.41, 5.74) is 1.14. The van der Waals surface area contributed by atoms with Gasteiger partial charge in [-0.05, 0) is 37.1 Å². The molecular formula is C19H30IN5O2. The average molecular weight is 487 g/mol. The molecule has 0 saturated heterocycles. The van der Waals surface area contributed by atoms with Gasteiger partial charge in [0.05, 0.1) is 13.2 Å². The van der Waals surface area contributed by atoms with Crippen LogP contribution in [0.25, 0.3) is 0 Å². The topological polar surface area (TPSA) is 72.7 Å². The van der Waals surface area contributed by atoms with Crippen LogP contribution >= 0.6 is 24.0 Å². The van der Waals surface area contributed by atoms with Crippen molar-refractivity contribution in [2.24, 2.45) is 4.99 Å². The number of hydrogen-bond donors (Lipinski definition) is 2. The number of methoxy groups -OCH3 is 1. The molecule has 0 unspecified atom stereocenters. The summed E-state index contributed by atoms with van der Waals surface area (Å²) in [5.74, 6) is 1.67. The molecule has 0 bridgehead atoms. The highest BCUT2D eigenvalue weighted by atomic mass is 127. The van der Waals surface area contributed by atoms with Gasteiger partial charge in [-0.2, -0.15) is 5.10 Å². The molecule has 1 aromatic carbocycles. The monoisotopic (exact) mass is 487 g/mol. The molecule has 0 radical (unpaired) electrons. The van der Waals surface area contributed by atoms with E-state index < -0.39 is 0 Å². The smallest absolute Gasteiger partial charge is 0.191 e. The molecular weight excluding hydrogens is 457 g/mol. The lowest BCUT2D eigenvalue weighted by atomic mass is 10.2. The molecule has 0 aliphatic heterocycles. The Labute approximate surface area is 178 Å². The number of aromatic nitrogens is 2. The van der Waals surface area contributed by atoms with Gasteiger partial charge in [-0.15, -0.1) is 24.0 Å². The van der Waals surface area contributed by atoms with Crippen molar-refractivity contribution in [2.75, 3.05) is 33.4 Å². The summed E-state index contributed by atoms with van der Waals surface area (Å²) >= 11 is 0. The Hall–Kier alpha value is -1.81. The van der Waals surface area contributed by atoms with Crippen LogP contribution < -0.4 is 15.4 Å². The fourth-order valence-corrected chi connectivity index (χ4v) is 2.33. The minimum atomic E-state index is 0. The van der Waals surface area contributed by atoms with Crippen LogP contribution in [0.15, 0.2) is 47.7 Å². The van der Waals surface area contributed by atoms with Gasteiger partial charge in [-0.3, -0.25) is 4.68 Å². The molecule has 0 fully saturated rings. The third-order valence-corrected chi connectivity index (χ3v) is 3.66. The number of guanidine groups is 1. The van der Waals surface area contributed by atoms with Crippen LogP contribution in [-0.2, 0) is 17.8 Å². The van der Waals surface area contributed by atoms with E-state index in [1.54, 1.807) is 13.3 Å². The van der Waals surface area contributed by atoms with Gasteiger partial charge in [0.1, 0.15) is 12.4 Å². The number of benzene rings is 1. The van der Waals surface area contributed by atoms with Gasteiger partial charge < -0.3 is 20.1 Å². The molecule has 8 heteroatoms. The quantitative estimate of drug-likeness (QED) is 0.221. The Balaban J connectivity index is 0.00000364. The maximum Gasteiger partial charge on any atom is 0.191 e. The predicted octanol–water partition coefficient (Wildman–Crippen LogP) is 2.67. The summed E-state index contributed by atoms with van der Waals surface area (Å²) in [6.45, 7) is 6.39. The first-order valence-electron chi connectivity index (χ1n) is 9.02. The summed E-state index contributed by atoms with van der Waals surface area (Å²) in [6, 6.07) is 9.93. The minimum Gasteiger partial charge on any atom is -0.491 e.